The molecule has 4 rings (SSSR count). The Bertz CT molecular complexity index is 892. The molecule has 2 aromatic carbocycles. The summed E-state index contributed by atoms with van der Waals surface area (Å²) in [5.41, 5.74) is 5.30. The molecule has 34 heavy (non-hydrogen) atoms. The molecule has 6 nitrogen and oxygen atoms in total. The second-order valence-corrected chi connectivity index (χ2v) is 9.18. The van der Waals surface area contributed by atoms with Crippen LogP contribution in [0, 0.1) is 6.92 Å². The lowest BCUT2D eigenvalue weighted by Gasteiger charge is -2.35. The summed E-state index contributed by atoms with van der Waals surface area (Å²) in [7, 11) is 1.84. The zero-order valence-electron chi connectivity index (χ0n) is 20.6. The van der Waals surface area contributed by atoms with Crippen molar-refractivity contribution >= 4 is 29.9 Å². The van der Waals surface area contributed by atoms with Crippen LogP contribution < -0.4 is 10.6 Å². The van der Waals surface area contributed by atoms with E-state index in [0.29, 0.717) is 0 Å². The monoisotopic (exact) mass is 577 g/mol. The molecule has 1 unspecified atom stereocenters. The predicted octanol–water partition coefficient (Wildman–Crippen LogP) is 3.95. The molecule has 1 atom stereocenters. The number of guanidine groups is 1. The highest BCUT2D eigenvalue weighted by Gasteiger charge is 2.23. The van der Waals surface area contributed by atoms with Gasteiger partial charge in [0, 0.05) is 39.8 Å². The molecular formula is C27H40IN5O. The number of halogens is 1. The fourth-order valence-corrected chi connectivity index (χ4v) is 4.79. The van der Waals surface area contributed by atoms with Crippen LogP contribution in [0.25, 0.3) is 0 Å². The Morgan fingerprint density at radius 2 is 1.68 bits per heavy atom. The first-order chi connectivity index (χ1) is 16.2. The van der Waals surface area contributed by atoms with Gasteiger partial charge in [0.1, 0.15) is 0 Å². The smallest absolute Gasteiger partial charge is 0.191 e. The number of morpholine rings is 1. The summed E-state index contributed by atoms with van der Waals surface area (Å²) in [6.07, 6.45) is 2.68. The van der Waals surface area contributed by atoms with Crippen LogP contribution in [0.3, 0.4) is 0 Å². The van der Waals surface area contributed by atoms with Crippen molar-refractivity contribution in [3.63, 3.8) is 0 Å². The molecule has 0 spiro atoms. The normalized spacial score (nSPS) is 18.4. The molecule has 2 aliphatic heterocycles. The van der Waals surface area contributed by atoms with Crippen LogP contribution >= 0.6 is 24.0 Å². The van der Waals surface area contributed by atoms with Crippen LogP contribution in [0.1, 0.15) is 41.1 Å². The summed E-state index contributed by atoms with van der Waals surface area (Å²) < 4.78 is 5.59. The number of likely N-dealkylation sites (tertiary alicyclic amines) is 1. The van der Waals surface area contributed by atoms with Crippen molar-refractivity contribution in [3.05, 3.63) is 70.8 Å². The molecule has 0 aromatic heterocycles. The van der Waals surface area contributed by atoms with Gasteiger partial charge in [-0.3, -0.25) is 14.8 Å². The first-order valence-corrected chi connectivity index (χ1v) is 12.3. The standard InChI is InChI=1S/C27H39N5O.HI/c1-22-6-5-7-25(18-22)26(32-14-16-33-17-15-32)20-30-27(28-2)29-19-23-8-10-24(11-9-23)21-31-12-3-4-13-31;/h5-11,18,26H,3-4,12-17,19-21H2,1-2H3,(H2,28,29,30);1H. The molecule has 0 aliphatic carbocycles. The van der Waals surface area contributed by atoms with Crippen LogP contribution in [-0.2, 0) is 17.8 Å². The van der Waals surface area contributed by atoms with Gasteiger partial charge in [0.25, 0.3) is 0 Å². The number of aryl methyl sites for hydroxylation is 1. The minimum atomic E-state index is 0. The third-order valence-electron chi connectivity index (χ3n) is 6.69. The first kappa shape index (κ1) is 26.9. The number of hydrogen-bond acceptors (Lipinski definition) is 4. The molecule has 2 aliphatic rings. The van der Waals surface area contributed by atoms with E-state index in [2.05, 4.69) is 80.9 Å². The van der Waals surface area contributed by atoms with Gasteiger partial charge < -0.3 is 15.4 Å². The number of ether oxygens (including phenoxy) is 1. The van der Waals surface area contributed by atoms with Crippen molar-refractivity contribution in [2.75, 3.05) is 53.0 Å². The van der Waals surface area contributed by atoms with Crippen LogP contribution in [0.4, 0.5) is 0 Å². The van der Waals surface area contributed by atoms with Gasteiger partial charge in [-0.25, -0.2) is 0 Å². The van der Waals surface area contributed by atoms with E-state index in [0.717, 1.165) is 51.9 Å². The minimum Gasteiger partial charge on any atom is -0.379 e. The first-order valence-electron chi connectivity index (χ1n) is 12.3. The number of benzene rings is 2. The molecule has 0 radical (unpaired) electrons. The van der Waals surface area contributed by atoms with E-state index in [1.165, 1.54) is 48.2 Å². The summed E-state index contributed by atoms with van der Waals surface area (Å²) in [4.78, 5) is 9.51. The highest BCUT2D eigenvalue weighted by Crippen LogP contribution is 2.22. The number of rotatable bonds is 8. The van der Waals surface area contributed by atoms with Gasteiger partial charge in [-0.05, 0) is 49.5 Å². The molecule has 0 amide bonds. The second kappa shape index (κ2) is 14.0. The van der Waals surface area contributed by atoms with Gasteiger partial charge in [-0.15, -0.1) is 24.0 Å². The summed E-state index contributed by atoms with van der Waals surface area (Å²) in [5, 5.41) is 7.05. The predicted molar refractivity (Wildman–Crippen MR) is 151 cm³/mol. The Labute approximate surface area is 222 Å². The van der Waals surface area contributed by atoms with Crippen molar-refractivity contribution in [3.8, 4) is 0 Å². The molecule has 2 fully saturated rings. The van der Waals surface area contributed by atoms with E-state index < -0.39 is 0 Å². The molecule has 0 saturated carbocycles. The molecule has 186 valence electrons. The number of aliphatic imine (C=N–C) groups is 1. The van der Waals surface area contributed by atoms with Crippen LogP contribution in [-0.4, -0.2) is 68.7 Å². The summed E-state index contributed by atoms with van der Waals surface area (Å²) in [6, 6.07) is 18.1. The van der Waals surface area contributed by atoms with E-state index in [-0.39, 0.29) is 30.0 Å². The zero-order chi connectivity index (χ0) is 22.9. The average Bonchev–Trinajstić information content (AvgIpc) is 3.36. The lowest BCUT2D eigenvalue weighted by atomic mass is 10.0. The molecule has 2 heterocycles. The van der Waals surface area contributed by atoms with Gasteiger partial charge in [0.15, 0.2) is 5.96 Å². The molecule has 7 heteroatoms. The zero-order valence-corrected chi connectivity index (χ0v) is 23.0. The lowest BCUT2D eigenvalue weighted by Crippen LogP contribution is -2.46. The van der Waals surface area contributed by atoms with Crippen molar-refractivity contribution in [1.82, 2.24) is 20.4 Å². The Morgan fingerprint density at radius 3 is 2.35 bits per heavy atom. The number of nitrogens with zero attached hydrogens (tertiary/aromatic N) is 3. The fourth-order valence-electron chi connectivity index (χ4n) is 4.79. The van der Waals surface area contributed by atoms with Crippen molar-refractivity contribution in [1.29, 1.82) is 0 Å². The maximum absolute atomic E-state index is 5.59. The number of nitrogens with one attached hydrogen (secondary N) is 2. The van der Waals surface area contributed by atoms with E-state index >= 15 is 0 Å². The third-order valence-corrected chi connectivity index (χ3v) is 6.69. The molecule has 2 saturated heterocycles. The second-order valence-electron chi connectivity index (χ2n) is 9.18. The molecule has 2 aromatic rings. The Kier molecular flexibility index (Phi) is 11.1. The topological polar surface area (TPSA) is 52.1 Å². The van der Waals surface area contributed by atoms with Gasteiger partial charge in [-0.1, -0.05) is 54.1 Å². The quantitative estimate of drug-likeness (QED) is 0.283. The van der Waals surface area contributed by atoms with Gasteiger partial charge in [-0.2, -0.15) is 0 Å². The lowest BCUT2D eigenvalue weighted by molar-refractivity contribution is 0.0170. The number of hydrogen-bond donors (Lipinski definition) is 2. The van der Waals surface area contributed by atoms with Crippen LogP contribution in [0.2, 0.25) is 0 Å². The highest BCUT2D eigenvalue weighted by atomic mass is 127. The van der Waals surface area contributed by atoms with Crippen molar-refractivity contribution in [2.45, 2.75) is 38.9 Å². The van der Waals surface area contributed by atoms with Gasteiger partial charge in [0.2, 0.25) is 0 Å². The van der Waals surface area contributed by atoms with Crippen molar-refractivity contribution < 1.29 is 4.74 Å². The third kappa shape index (κ3) is 7.93. The molecule has 2 N–H and O–H groups in total. The Balaban J connectivity index is 0.00000324. The average molecular weight is 578 g/mol. The van der Waals surface area contributed by atoms with E-state index in [4.69, 9.17) is 4.74 Å². The molecular weight excluding hydrogens is 537 g/mol. The fraction of sp³-hybridized carbons (Fsp3) is 0.519. The SMILES string of the molecule is CN=C(NCc1ccc(CN2CCCC2)cc1)NCC(c1cccc(C)c1)N1CCOCC1.I. The maximum Gasteiger partial charge on any atom is 0.191 e. The van der Waals surface area contributed by atoms with Crippen molar-refractivity contribution in [2.24, 2.45) is 4.99 Å². The van der Waals surface area contributed by atoms with Crippen LogP contribution in [0.15, 0.2) is 53.5 Å². The summed E-state index contributed by atoms with van der Waals surface area (Å²) in [5.74, 6) is 0.835. The summed E-state index contributed by atoms with van der Waals surface area (Å²) in [6.45, 7) is 10.8. The summed E-state index contributed by atoms with van der Waals surface area (Å²) >= 11 is 0. The minimum absolute atomic E-state index is 0. The van der Waals surface area contributed by atoms with Crippen LogP contribution in [0.5, 0.6) is 0 Å². The van der Waals surface area contributed by atoms with E-state index in [9.17, 15) is 0 Å². The Hall–Kier alpha value is -1.68. The highest BCUT2D eigenvalue weighted by molar-refractivity contribution is 14.0. The Morgan fingerprint density at radius 1 is 0.971 bits per heavy atom. The maximum atomic E-state index is 5.59. The largest absolute Gasteiger partial charge is 0.379 e. The van der Waals surface area contributed by atoms with E-state index in [1.54, 1.807) is 0 Å². The van der Waals surface area contributed by atoms with Gasteiger partial charge in [0.05, 0.1) is 19.3 Å². The van der Waals surface area contributed by atoms with Gasteiger partial charge >= 0.3 is 0 Å². The van der Waals surface area contributed by atoms with E-state index in [1.807, 2.05) is 7.05 Å². The molecule has 0 bridgehead atoms.